The Hall–Kier alpha value is -2.60. The summed E-state index contributed by atoms with van der Waals surface area (Å²) < 4.78 is 5.15. The molecule has 1 saturated heterocycles. The predicted octanol–water partition coefficient (Wildman–Crippen LogP) is 2.34. The lowest BCUT2D eigenvalue weighted by Crippen LogP contribution is -2.50. The normalized spacial score (nSPS) is 14.3. The van der Waals surface area contributed by atoms with Crippen molar-refractivity contribution in [3.63, 3.8) is 0 Å². The number of rotatable bonds is 3. The van der Waals surface area contributed by atoms with Gasteiger partial charge in [0.1, 0.15) is 5.56 Å². The van der Waals surface area contributed by atoms with Crippen LogP contribution in [-0.2, 0) is 0 Å². The molecule has 1 aliphatic rings. The molecule has 1 aromatic carbocycles. The third-order valence-corrected chi connectivity index (χ3v) is 4.39. The Balaban J connectivity index is 1.64. The number of hydrogen-bond donors (Lipinski definition) is 0. The van der Waals surface area contributed by atoms with Crippen molar-refractivity contribution in [1.82, 2.24) is 14.8 Å². The van der Waals surface area contributed by atoms with E-state index < -0.39 is 0 Å². The topological polar surface area (TPSA) is 62.7 Å². The van der Waals surface area contributed by atoms with Crippen LogP contribution in [0.15, 0.2) is 42.6 Å². The second kappa shape index (κ2) is 7.53. The fourth-order valence-corrected chi connectivity index (χ4v) is 2.90. The maximum atomic E-state index is 12.7. The summed E-state index contributed by atoms with van der Waals surface area (Å²) in [5.74, 6) is 0.124. The first-order valence-corrected chi connectivity index (χ1v) is 8.31. The molecule has 2 amide bonds. The number of pyridine rings is 1. The van der Waals surface area contributed by atoms with Crippen LogP contribution in [-0.4, -0.2) is 59.9 Å². The summed E-state index contributed by atoms with van der Waals surface area (Å²) >= 11 is 5.85. The van der Waals surface area contributed by atoms with Gasteiger partial charge in [0.2, 0.25) is 5.88 Å². The highest BCUT2D eigenvalue weighted by atomic mass is 35.5. The van der Waals surface area contributed by atoms with Crippen LogP contribution >= 0.6 is 11.6 Å². The molecule has 3 rings (SSSR count). The highest BCUT2D eigenvalue weighted by Gasteiger charge is 2.27. The van der Waals surface area contributed by atoms with E-state index in [9.17, 15) is 9.59 Å². The summed E-state index contributed by atoms with van der Waals surface area (Å²) in [5.41, 5.74) is 1.03. The molecule has 0 bridgehead atoms. The zero-order chi connectivity index (χ0) is 17.8. The third kappa shape index (κ3) is 3.74. The second-order valence-electron chi connectivity index (χ2n) is 5.65. The van der Waals surface area contributed by atoms with E-state index in [0.717, 1.165) is 0 Å². The fraction of sp³-hybridized carbons (Fsp3) is 0.278. The number of carbonyl (C=O) groups is 2. The molecule has 1 aliphatic heterocycles. The number of amides is 2. The van der Waals surface area contributed by atoms with Crippen molar-refractivity contribution in [2.24, 2.45) is 0 Å². The number of halogens is 1. The molecule has 2 heterocycles. The molecule has 1 aromatic heterocycles. The molecule has 0 aliphatic carbocycles. The van der Waals surface area contributed by atoms with Crippen LogP contribution in [0, 0.1) is 0 Å². The van der Waals surface area contributed by atoms with Crippen LogP contribution in [0.1, 0.15) is 20.7 Å². The van der Waals surface area contributed by atoms with Crippen molar-refractivity contribution in [3.8, 4) is 5.88 Å². The lowest BCUT2D eigenvalue weighted by atomic mass is 10.1. The molecule has 25 heavy (non-hydrogen) atoms. The minimum Gasteiger partial charge on any atom is -0.480 e. The number of piperazine rings is 1. The molecule has 2 aromatic rings. The molecule has 0 N–H and O–H groups in total. The van der Waals surface area contributed by atoms with E-state index in [2.05, 4.69) is 4.98 Å². The van der Waals surface area contributed by atoms with E-state index in [4.69, 9.17) is 16.3 Å². The monoisotopic (exact) mass is 359 g/mol. The van der Waals surface area contributed by atoms with Gasteiger partial charge in [-0.1, -0.05) is 11.6 Å². The van der Waals surface area contributed by atoms with Gasteiger partial charge in [-0.2, -0.15) is 0 Å². The van der Waals surface area contributed by atoms with Gasteiger partial charge in [-0.3, -0.25) is 9.59 Å². The zero-order valence-electron chi connectivity index (χ0n) is 13.8. The summed E-state index contributed by atoms with van der Waals surface area (Å²) in [6, 6.07) is 10.2. The SMILES string of the molecule is COc1ncccc1C(=O)N1CCN(C(=O)c2ccc(Cl)cc2)CC1. The van der Waals surface area contributed by atoms with E-state index in [1.807, 2.05) is 0 Å². The van der Waals surface area contributed by atoms with Gasteiger partial charge in [0.15, 0.2) is 0 Å². The van der Waals surface area contributed by atoms with Crippen molar-refractivity contribution in [1.29, 1.82) is 0 Å². The first-order chi connectivity index (χ1) is 12.1. The van der Waals surface area contributed by atoms with E-state index in [1.54, 1.807) is 52.4 Å². The third-order valence-electron chi connectivity index (χ3n) is 4.14. The average molecular weight is 360 g/mol. The van der Waals surface area contributed by atoms with E-state index in [0.29, 0.717) is 48.2 Å². The van der Waals surface area contributed by atoms with Crippen molar-refractivity contribution in [2.45, 2.75) is 0 Å². The second-order valence-corrected chi connectivity index (χ2v) is 6.09. The molecule has 0 saturated carbocycles. The van der Waals surface area contributed by atoms with Gasteiger partial charge in [-0.05, 0) is 36.4 Å². The van der Waals surface area contributed by atoms with Crippen molar-refractivity contribution in [3.05, 3.63) is 58.7 Å². The lowest BCUT2D eigenvalue weighted by Gasteiger charge is -2.35. The number of nitrogens with zero attached hydrogens (tertiary/aromatic N) is 3. The molecule has 0 spiro atoms. The van der Waals surface area contributed by atoms with E-state index in [-0.39, 0.29) is 11.8 Å². The van der Waals surface area contributed by atoms with E-state index >= 15 is 0 Å². The minimum absolute atomic E-state index is 0.0530. The Labute approximate surface area is 151 Å². The summed E-state index contributed by atoms with van der Waals surface area (Å²) in [6.07, 6.45) is 1.58. The Morgan fingerprint density at radius 3 is 2.20 bits per heavy atom. The molecule has 0 unspecified atom stereocenters. The van der Waals surface area contributed by atoms with Crippen molar-refractivity contribution < 1.29 is 14.3 Å². The summed E-state index contributed by atoms with van der Waals surface area (Å²) in [5, 5.41) is 0.595. The van der Waals surface area contributed by atoms with Gasteiger partial charge in [0.25, 0.3) is 11.8 Å². The molecule has 1 fully saturated rings. The van der Waals surface area contributed by atoms with Crippen molar-refractivity contribution in [2.75, 3.05) is 33.3 Å². The minimum atomic E-state index is -0.136. The molecule has 130 valence electrons. The first kappa shape index (κ1) is 17.2. The summed E-state index contributed by atoms with van der Waals surface area (Å²) in [7, 11) is 1.49. The molecule has 6 nitrogen and oxygen atoms in total. The lowest BCUT2D eigenvalue weighted by molar-refractivity contribution is 0.0533. The van der Waals surface area contributed by atoms with Crippen molar-refractivity contribution >= 4 is 23.4 Å². The molecule has 0 atom stereocenters. The maximum absolute atomic E-state index is 12.7. The van der Waals surface area contributed by atoms with Gasteiger partial charge in [0, 0.05) is 43.0 Å². The predicted molar refractivity (Wildman–Crippen MR) is 94.0 cm³/mol. The van der Waals surface area contributed by atoms with Gasteiger partial charge >= 0.3 is 0 Å². The standard InChI is InChI=1S/C18H18ClN3O3/c1-25-16-15(3-2-8-20-16)18(24)22-11-9-21(10-12-22)17(23)13-4-6-14(19)7-5-13/h2-8H,9-12H2,1H3. The number of aromatic nitrogens is 1. The zero-order valence-corrected chi connectivity index (χ0v) is 14.6. The largest absolute Gasteiger partial charge is 0.480 e. The number of hydrogen-bond acceptors (Lipinski definition) is 4. The first-order valence-electron chi connectivity index (χ1n) is 7.93. The fourth-order valence-electron chi connectivity index (χ4n) is 2.77. The summed E-state index contributed by atoms with van der Waals surface area (Å²) in [6.45, 7) is 1.90. The van der Waals surface area contributed by atoms with E-state index in [1.165, 1.54) is 7.11 Å². The van der Waals surface area contributed by atoms with Gasteiger partial charge in [0.05, 0.1) is 7.11 Å². The smallest absolute Gasteiger partial charge is 0.259 e. The van der Waals surface area contributed by atoms with Gasteiger partial charge in [-0.25, -0.2) is 4.98 Å². The quantitative estimate of drug-likeness (QED) is 0.843. The van der Waals surface area contributed by atoms with Crippen LogP contribution in [0.2, 0.25) is 5.02 Å². The van der Waals surface area contributed by atoms with Crippen LogP contribution in [0.3, 0.4) is 0 Å². The Morgan fingerprint density at radius 2 is 1.60 bits per heavy atom. The van der Waals surface area contributed by atoms with Crippen LogP contribution < -0.4 is 4.74 Å². The number of carbonyl (C=O) groups excluding carboxylic acids is 2. The van der Waals surface area contributed by atoms with Crippen LogP contribution in [0.5, 0.6) is 5.88 Å². The number of benzene rings is 1. The van der Waals surface area contributed by atoms with Crippen LogP contribution in [0.4, 0.5) is 0 Å². The highest BCUT2D eigenvalue weighted by molar-refractivity contribution is 6.30. The summed E-state index contributed by atoms with van der Waals surface area (Å²) in [4.78, 5) is 32.7. The molecule has 7 heteroatoms. The molecular weight excluding hydrogens is 342 g/mol. The van der Waals surface area contributed by atoms with Gasteiger partial charge < -0.3 is 14.5 Å². The number of ether oxygens (including phenoxy) is 1. The Kier molecular flexibility index (Phi) is 5.19. The van der Waals surface area contributed by atoms with Gasteiger partial charge in [-0.15, -0.1) is 0 Å². The number of methoxy groups -OCH3 is 1. The van der Waals surface area contributed by atoms with Crippen LogP contribution in [0.25, 0.3) is 0 Å². The highest BCUT2D eigenvalue weighted by Crippen LogP contribution is 2.18. The molecular formula is C18H18ClN3O3. The average Bonchev–Trinajstić information content (AvgIpc) is 2.67. The Morgan fingerprint density at radius 1 is 1.00 bits per heavy atom. The molecule has 0 radical (unpaired) electrons. The maximum Gasteiger partial charge on any atom is 0.259 e. The Bertz CT molecular complexity index is 771.